The molecule has 0 fully saturated rings. The summed E-state index contributed by atoms with van der Waals surface area (Å²) in [6.45, 7) is 3.32. The minimum absolute atomic E-state index is 0.104. The molecule has 1 unspecified atom stereocenters. The van der Waals surface area contributed by atoms with Crippen molar-refractivity contribution in [2.45, 2.75) is 50.1 Å². The number of carbonyl (C=O) groups excluding carboxylic acids is 1. The van der Waals surface area contributed by atoms with Gasteiger partial charge in [-0.25, -0.2) is 22.5 Å². The number of rotatable bonds is 9. The average Bonchev–Trinajstić information content (AvgIpc) is 2.83. The van der Waals surface area contributed by atoms with E-state index in [2.05, 4.69) is 10.3 Å². The van der Waals surface area contributed by atoms with Crippen LogP contribution in [0.25, 0.3) is 0 Å². The molecule has 0 aliphatic carbocycles. The zero-order chi connectivity index (χ0) is 27.5. The lowest BCUT2D eigenvalue weighted by Gasteiger charge is -2.39. The normalized spacial score (nSPS) is 18.0. The van der Waals surface area contributed by atoms with Crippen LogP contribution in [0.3, 0.4) is 0 Å². The first-order valence-electron chi connectivity index (χ1n) is 12.0. The second kappa shape index (κ2) is 10.2. The zero-order valence-corrected chi connectivity index (χ0v) is 21.0. The van der Waals surface area contributed by atoms with Gasteiger partial charge in [0.2, 0.25) is 5.54 Å². The van der Waals surface area contributed by atoms with E-state index in [1.807, 2.05) is 6.92 Å². The highest BCUT2D eigenvalue weighted by atomic mass is 32.2. The fourth-order valence-corrected chi connectivity index (χ4v) is 6.17. The van der Waals surface area contributed by atoms with Gasteiger partial charge in [0, 0.05) is 7.92 Å². The predicted molar refractivity (Wildman–Crippen MR) is 139 cm³/mol. The minimum Gasteiger partial charge on any atom is -0.479 e. The molecule has 3 rings (SSSR count). The van der Waals surface area contributed by atoms with E-state index in [1.165, 1.54) is 30.3 Å². The van der Waals surface area contributed by atoms with E-state index >= 15 is 0 Å². The molecule has 0 amide bonds. The summed E-state index contributed by atoms with van der Waals surface area (Å²) in [5.74, 6) is -2.71. The van der Waals surface area contributed by atoms with Gasteiger partial charge >= 0.3 is 5.97 Å². The lowest BCUT2D eigenvalue weighted by Crippen LogP contribution is -2.64. The van der Waals surface area contributed by atoms with E-state index in [0.29, 0.717) is 28.6 Å². The fraction of sp³-hybridized carbons (Fsp3) is 0.375. The van der Waals surface area contributed by atoms with Crippen LogP contribution in [0.15, 0.2) is 52.4 Å². The summed E-state index contributed by atoms with van der Waals surface area (Å²) in [6.07, 6.45) is 0.488. The van der Waals surface area contributed by atoms with Crippen LogP contribution < -0.4 is 26.8 Å². The van der Waals surface area contributed by atoms with Crippen LogP contribution in [0.2, 0.25) is 0 Å². The van der Waals surface area contributed by atoms with Gasteiger partial charge in [-0.3, -0.25) is 4.79 Å². The summed E-state index contributed by atoms with van der Waals surface area (Å²) in [7, 11) is -4.66. The third kappa shape index (κ3) is 4.86. The number of benzene rings is 2. The van der Waals surface area contributed by atoms with Gasteiger partial charge in [-0.15, -0.1) is 0 Å². The molecule has 1 aliphatic heterocycles. The summed E-state index contributed by atoms with van der Waals surface area (Å²) < 4.78 is 36.6. The van der Waals surface area contributed by atoms with Crippen LogP contribution in [0.1, 0.15) is 34.1 Å². The highest BCUT2D eigenvalue weighted by Crippen LogP contribution is 2.39. The first kappa shape index (κ1) is 25.5. The number of nitrogens with one attached hydrogen (secondary N) is 1. The largest absolute Gasteiger partial charge is 0.479 e. The third-order valence-electron chi connectivity index (χ3n) is 6.12. The number of carboxylic acids is 1. The van der Waals surface area contributed by atoms with E-state index in [0.717, 1.165) is 12.5 Å². The lowest BCUT2D eigenvalue weighted by atomic mass is 9.90. The molecule has 194 valence electrons. The quantitative estimate of drug-likeness (QED) is 0.186. The number of carboxylic acid groups (broad SMARTS) is 1. The zero-order valence-electron chi connectivity index (χ0n) is 21.1. The van der Waals surface area contributed by atoms with Crippen molar-refractivity contribution < 1.29 is 24.5 Å². The van der Waals surface area contributed by atoms with Crippen molar-refractivity contribution in [3.63, 3.8) is 0 Å². The van der Waals surface area contributed by atoms with Gasteiger partial charge in [-0.05, 0) is 61.6 Å². The Hall–Kier alpha value is -3.64. The Morgan fingerprint density at radius 1 is 1.28 bits per heavy atom. The number of ketones is 1. The van der Waals surface area contributed by atoms with Gasteiger partial charge in [0.05, 0.1) is 23.1 Å². The number of Topliss-reactive ketones (excluding diaryl/α,β-unsaturated/α-hetero) is 1. The van der Waals surface area contributed by atoms with Gasteiger partial charge in [-0.2, -0.15) is 0 Å². The molecule has 12 heteroatoms. The van der Waals surface area contributed by atoms with Crippen molar-refractivity contribution in [1.82, 2.24) is 0 Å². The number of hydrogen-bond acceptors (Lipinski definition) is 7. The van der Waals surface area contributed by atoms with Gasteiger partial charge in [0.25, 0.3) is 10.0 Å². The summed E-state index contributed by atoms with van der Waals surface area (Å²) in [5.41, 5.74) is 15.5. The van der Waals surface area contributed by atoms with Crippen LogP contribution >= 0.6 is 0 Å². The number of carbonyl (C=O) groups is 2. The van der Waals surface area contributed by atoms with Crippen LogP contribution in [0.4, 0.5) is 17.1 Å². The van der Waals surface area contributed by atoms with Crippen LogP contribution in [0.5, 0.6) is 0 Å². The van der Waals surface area contributed by atoms with Crippen molar-refractivity contribution in [3.8, 4) is 0 Å². The molecule has 1 heterocycles. The number of fused-ring (bicyclic) bond motifs is 1. The molecule has 0 saturated heterocycles. The SMILES string of the molecule is [2H]CC[C@H](N)C(=O)[C@](C)(C(=O)O)N(c1ccc(N=C(N)N)cc1)S(=O)(=O)c1cccc2c1NCC(C)C2. The van der Waals surface area contributed by atoms with Crippen molar-refractivity contribution in [3.05, 3.63) is 48.0 Å². The van der Waals surface area contributed by atoms with Gasteiger partial charge < -0.3 is 27.6 Å². The molecule has 0 aromatic heterocycles. The van der Waals surface area contributed by atoms with Crippen molar-refractivity contribution in [1.29, 1.82) is 0 Å². The molecule has 0 bridgehead atoms. The molecule has 2 aromatic carbocycles. The average molecular weight is 518 g/mol. The molecule has 0 saturated carbocycles. The summed E-state index contributed by atoms with van der Waals surface area (Å²) in [4.78, 5) is 29.9. The number of aliphatic carboxylic acids is 1. The summed E-state index contributed by atoms with van der Waals surface area (Å²) in [5, 5.41) is 13.5. The van der Waals surface area contributed by atoms with Crippen LogP contribution in [0, 0.1) is 5.92 Å². The molecule has 1 aliphatic rings. The molecule has 36 heavy (non-hydrogen) atoms. The Morgan fingerprint density at radius 3 is 2.53 bits per heavy atom. The Balaban J connectivity index is 2.29. The number of anilines is 2. The number of sulfonamides is 1. The Kier molecular flexibility index (Phi) is 7.18. The highest BCUT2D eigenvalue weighted by molar-refractivity contribution is 7.93. The summed E-state index contributed by atoms with van der Waals surface area (Å²) >= 11 is 0. The van der Waals surface area contributed by atoms with E-state index in [-0.39, 0.29) is 35.8 Å². The molecule has 0 spiro atoms. The maximum atomic E-state index is 14.3. The first-order valence-corrected chi connectivity index (χ1v) is 12.7. The Bertz CT molecular complexity index is 1310. The van der Waals surface area contributed by atoms with Gasteiger partial charge in [0.15, 0.2) is 11.7 Å². The molecule has 8 N–H and O–H groups in total. The first-order chi connectivity index (χ1) is 17.3. The number of aliphatic imine (C=N–C) groups is 1. The molecule has 2 aromatic rings. The van der Waals surface area contributed by atoms with Gasteiger partial charge in [-0.1, -0.05) is 26.0 Å². The lowest BCUT2D eigenvalue weighted by molar-refractivity contribution is -0.147. The number of hydrogen-bond donors (Lipinski definition) is 5. The molecule has 3 atom stereocenters. The minimum atomic E-state index is -4.66. The number of nitrogens with zero attached hydrogens (tertiary/aromatic N) is 2. The van der Waals surface area contributed by atoms with Gasteiger partial charge in [0.1, 0.15) is 4.90 Å². The second-order valence-corrected chi connectivity index (χ2v) is 10.7. The highest BCUT2D eigenvalue weighted by Gasteiger charge is 2.54. The van der Waals surface area contributed by atoms with Crippen molar-refractivity contribution in [2.24, 2.45) is 28.1 Å². The molecule has 11 nitrogen and oxygen atoms in total. The van der Waals surface area contributed by atoms with E-state index in [1.54, 1.807) is 12.1 Å². The van der Waals surface area contributed by atoms with Crippen LogP contribution in [-0.4, -0.2) is 49.4 Å². The smallest absolute Gasteiger partial charge is 0.338 e. The number of nitrogens with two attached hydrogens (primary N) is 3. The van der Waals surface area contributed by atoms with Crippen molar-refractivity contribution in [2.75, 3.05) is 16.2 Å². The molecule has 0 radical (unpaired) electrons. The second-order valence-electron chi connectivity index (χ2n) is 8.94. The maximum Gasteiger partial charge on any atom is 0.338 e. The van der Waals surface area contributed by atoms with E-state index in [4.69, 9.17) is 18.6 Å². The Labute approximate surface area is 211 Å². The van der Waals surface area contributed by atoms with E-state index < -0.39 is 33.4 Å². The Morgan fingerprint density at radius 2 is 1.94 bits per heavy atom. The summed E-state index contributed by atoms with van der Waals surface area (Å²) in [6, 6.07) is 8.80. The topological polar surface area (TPSA) is 194 Å². The standard InChI is InChI=1S/C24H32N6O5S/c1-4-18(25)21(31)24(3,22(32)33)30(17-10-8-16(9-11-17)29-23(26)27)36(34,35)19-7-5-6-15-12-14(2)13-28-20(15)19/h5-11,14,18,28H,4,12-13,25H2,1-3H3,(H,32,33)(H4,26,27,29)/t14?,18-,24+/m0/s1/i1D. The predicted octanol–water partition coefficient (Wildman–Crippen LogP) is 1.54. The maximum absolute atomic E-state index is 14.3. The molecular weight excluding hydrogens is 484 g/mol. The number of guanidine groups is 1. The van der Waals surface area contributed by atoms with Crippen LogP contribution in [-0.2, 0) is 26.0 Å². The number of para-hydroxylation sites is 1. The molecular formula is C24H32N6O5S. The monoisotopic (exact) mass is 517 g/mol. The van der Waals surface area contributed by atoms with Crippen molar-refractivity contribution >= 4 is 44.8 Å². The third-order valence-corrected chi connectivity index (χ3v) is 8.07. The van der Waals surface area contributed by atoms with E-state index in [9.17, 15) is 23.1 Å². The fourth-order valence-electron chi connectivity index (χ4n) is 4.22.